The lowest BCUT2D eigenvalue weighted by Crippen LogP contribution is -2.12. The molecule has 104 valence electrons. The van der Waals surface area contributed by atoms with Crippen molar-refractivity contribution >= 4 is 50.7 Å². The molecule has 0 saturated carbocycles. The van der Waals surface area contributed by atoms with E-state index >= 15 is 0 Å². The van der Waals surface area contributed by atoms with Gasteiger partial charge < -0.3 is 5.32 Å². The molecule has 0 unspecified atom stereocenters. The molecule has 20 heavy (non-hydrogen) atoms. The summed E-state index contributed by atoms with van der Waals surface area (Å²) in [5.74, 6) is -0.257. The number of anilines is 1. The monoisotopic (exact) mass is 371 g/mol. The molecule has 2 rings (SSSR count). The fourth-order valence-corrected chi connectivity index (χ4v) is 2.61. The third kappa shape index (κ3) is 3.35. The maximum atomic E-state index is 12.2. The average Bonchev–Trinajstić information content (AvgIpc) is 2.35. The lowest BCUT2D eigenvalue weighted by molar-refractivity contribution is 0.102. The molecule has 0 aliphatic carbocycles. The molecule has 0 radical (unpaired) electrons. The molecule has 2 aromatic rings. The summed E-state index contributed by atoms with van der Waals surface area (Å²) in [6.45, 7) is 3.95. The van der Waals surface area contributed by atoms with Gasteiger partial charge in [-0.3, -0.25) is 4.79 Å². The smallest absolute Gasteiger partial charge is 0.257 e. The van der Waals surface area contributed by atoms with Crippen molar-refractivity contribution in [1.29, 1.82) is 0 Å². The summed E-state index contributed by atoms with van der Waals surface area (Å²) in [6.07, 6.45) is 0. The van der Waals surface area contributed by atoms with E-state index in [2.05, 4.69) is 21.2 Å². The van der Waals surface area contributed by atoms with Crippen molar-refractivity contribution in [3.8, 4) is 0 Å². The van der Waals surface area contributed by atoms with E-state index in [1.165, 1.54) is 0 Å². The Kier molecular flexibility index (Phi) is 4.74. The van der Waals surface area contributed by atoms with E-state index in [0.29, 0.717) is 15.6 Å². The van der Waals surface area contributed by atoms with Gasteiger partial charge in [-0.1, -0.05) is 39.1 Å². The first-order valence-corrected chi connectivity index (χ1v) is 7.46. The number of hydrogen-bond donors (Lipinski definition) is 1. The van der Waals surface area contributed by atoms with Crippen LogP contribution in [0.5, 0.6) is 0 Å². The van der Waals surface area contributed by atoms with Gasteiger partial charge in [0.25, 0.3) is 5.91 Å². The van der Waals surface area contributed by atoms with E-state index in [4.69, 9.17) is 23.2 Å². The zero-order chi connectivity index (χ0) is 14.9. The van der Waals surface area contributed by atoms with Crippen LogP contribution in [0.25, 0.3) is 0 Å². The van der Waals surface area contributed by atoms with Gasteiger partial charge in [0, 0.05) is 15.2 Å². The maximum Gasteiger partial charge on any atom is 0.257 e. The number of carbonyl (C=O) groups excluding carboxylic acids is 1. The van der Waals surface area contributed by atoms with Crippen molar-refractivity contribution in [3.63, 3.8) is 0 Å². The highest BCUT2D eigenvalue weighted by Crippen LogP contribution is 2.26. The van der Waals surface area contributed by atoms with Gasteiger partial charge in [-0.05, 0) is 55.3 Å². The van der Waals surface area contributed by atoms with Crippen molar-refractivity contribution in [1.82, 2.24) is 0 Å². The van der Waals surface area contributed by atoms with Crippen LogP contribution in [0.1, 0.15) is 21.5 Å². The summed E-state index contributed by atoms with van der Waals surface area (Å²) in [5, 5.41) is 3.68. The molecule has 0 spiro atoms. The molecule has 0 bridgehead atoms. The molecular weight excluding hydrogens is 361 g/mol. The quantitative estimate of drug-likeness (QED) is 0.727. The van der Waals surface area contributed by atoms with Crippen LogP contribution < -0.4 is 5.32 Å². The zero-order valence-corrected chi connectivity index (χ0v) is 14.0. The molecular formula is C15H12BrCl2NO. The van der Waals surface area contributed by atoms with Gasteiger partial charge >= 0.3 is 0 Å². The Morgan fingerprint density at radius 1 is 1.10 bits per heavy atom. The Hall–Kier alpha value is -1.03. The summed E-state index contributed by atoms with van der Waals surface area (Å²) >= 11 is 15.3. The van der Waals surface area contributed by atoms with Crippen molar-refractivity contribution in [3.05, 3.63) is 61.5 Å². The molecule has 1 N–H and O–H groups in total. The molecule has 5 heteroatoms. The van der Waals surface area contributed by atoms with Crippen molar-refractivity contribution in [2.75, 3.05) is 5.32 Å². The van der Waals surface area contributed by atoms with Gasteiger partial charge in [-0.2, -0.15) is 0 Å². The van der Waals surface area contributed by atoms with Gasteiger partial charge in [-0.25, -0.2) is 0 Å². The predicted molar refractivity (Wildman–Crippen MR) is 88.0 cm³/mol. The van der Waals surface area contributed by atoms with E-state index in [9.17, 15) is 4.79 Å². The minimum absolute atomic E-state index is 0.257. The average molecular weight is 373 g/mol. The van der Waals surface area contributed by atoms with Gasteiger partial charge in [-0.15, -0.1) is 0 Å². The number of benzene rings is 2. The van der Waals surface area contributed by atoms with Crippen LogP contribution in [0.15, 0.2) is 34.8 Å². The molecule has 0 heterocycles. The topological polar surface area (TPSA) is 29.1 Å². The first-order chi connectivity index (χ1) is 9.38. The lowest BCUT2D eigenvalue weighted by Gasteiger charge is -2.10. The van der Waals surface area contributed by atoms with E-state index in [0.717, 1.165) is 21.3 Å². The summed E-state index contributed by atoms with van der Waals surface area (Å²) < 4.78 is 1.04. The largest absolute Gasteiger partial charge is 0.322 e. The van der Waals surface area contributed by atoms with Crippen molar-refractivity contribution < 1.29 is 4.79 Å². The second-order valence-electron chi connectivity index (χ2n) is 4.50. The highest BCUT2D eigenvalue weighted by molar-refractivity contribution is 9.10. The second kappa shape index (κ2) is 6.17. The number of halogens is 3. The van der Waals surface area contributed by atoms with E-state index in [1.54, 1.807) is 18.2 Å². The van der Waals surface area contributed by atoms with Crippen LogP contribution in [0.3, 0.4) is 0 Å². The Bertz CT molecular complexity index is 663. The molecule has 2 nitrogen and oxygen atoms in total. The van der Waals surface area contributed by atoms with Gasteiger partial charge in [0.15, 0.2) is 0 Å². The van der Waals surface area contributed by atoms with Crippen molar-refractivity contribution in [2.24, 2.45) is 0 Å². The van der Waals surface area contributed by atoms with Crippen LogP contribution in [-0.4, -0.2) is 5.91 Å². The number of nitrogens with one attached hydrogen (secondary N) is 1. The summed E-state index contributed by atoms with van der Waals surface area (Å²) in [4.78, 5) is 12.2. The number of aryl methyl sites for hydroxylation is 2. The van der Waals surface area contributed by atoms with E-state index < -0.39 is 0 Å². The second-order valence-corrected chi connectivity index (χ2v) is 6.14. The fraction of sp³-hybridized carbons (Fsp3) is 0.133. The minimum atomic E-state index is -0.257. The highest BCUT2D eigenvalue weighted by atomic mass is 79.9. The molecule has 0 aromatic heterocycles. The third-order valence-electron chi connectivity index (χ3n) is 2.87. The molecule has 0 saturated heterocycles. The third-order valence-corrected chi connectivity index (χ3v) is 4.67. The number of rotatable bonds is 2. The van der Waals surface area contributed by atoms with Gasteiger partial charge in [0.05, 0.1) is 10.6 Å². The molecule has 0 aliphatic rings. The van der Waals surface area contributed by atoms with E-state index in [1.807, 2.05) is 26.0 Å². The van der Waals surface area contributed by atoms with Crippen LogP contribution in [0, 0.1) is 13.8 Å². The molecule has 0 aliphatic heterocycles. The number of carbonyl (C=O) groups is 1. The minimum Gasteiger partial charge on any atom is -0.322 e. The maximum absolute atomic E-state index is 12.2. The Morgan fingerprint density at radius 3 is 2.25 bits per heavy atom. The normalized spacial score (nSPS) is 10.4. The molecule has 1 amide bonds. The van der Waals surface area contributed by atoms with Crippen LogP contribution in [0.2, 0.25) is 10.0 Å². The highest BCUT2D eigenvalue weighted by Gasteiger charge is 2.12. The first kappa shape index (κ1) is 15.4. The Morgan fingerprint density at radius 2 is 1.70 bits per heavy atom. The fourth-order valence-electron chi connectivity index (χ4n) is 1.89. The van der Waals surface area contributed by atoms with Gasteiger partial charge in [0.2, 0.25) is 0 Å². The molecule has 2 aromatic carbocycles. The first-order valence-electron chi connectivity index (χ1n) is 5.91. The SMILES string of the molecule is Cc1cc(NC(=O)c2ccc(Cl)cc2Cl)cc(C)c1Br. The van der Waals surface area contributed by atoms with Gasteiger partial charge in [0.1, 0.15) is 0 Å². The zero-order valence-electron chi connectivity index (χ0n) is 10.9. The van der Waals surface area contributed by atoms with E-state index in [-0.39, 0.29) is 5.91 Å². The molecule has 0 fully saturated rings. The predicted octanol–water partition coefficient (Wildman–Crippen LogP) is 5.63. The summed E-state index contributed by atoms with van der Waals surface area (Å²) in [5.41, 5.74) is 3.25. The number of amides is 1. The summed E-state index contributed by atoms with van der Waals surface area (Å²) in [6, 6.07) is 8.60. The van der Waals surface area contributed by atoms with Crippen LogP contribution >= 0.6 is 39.1 Å². The Labute approximate surface area is 136 Å². The lowest BCUT2D eigenvalue weighted by atomic mass is 10.1. The standard InChI is InChI=1S/C15H12BrCl2NO/c1-8-5-11(6-9(2)14(8)16)19-15(20)12-4-3-10(17)7-13(12)18/h3-7H,1-2H3,(H,19,20). The van der Waals surface area contributed by atoms with Crippen LogP contribution in [-0.2, 0) is 0 Å². The number of hydrogen-bond acceptors (Lipinski definition) is 1. The van der Waals surface area contributed by atoms with Crippen molar-refractivity contribution in [2.45, 2.75) is 13.8 Å². The summed E-state index contributed by atoms with van der Waals surface area (Å²) in [7, 11) is 0. The molecule has 0 atom stereocenters. The Balaban J connectivity index is 2.28. The van der Waals surface area contributed by atoms with Crippen LogP contribution in [0.4, 0.5) is 5.69 Å².